The van der Waals surface area contributed by atoms with Gasteiger partial charge in [-0.3, -0.25) is 9.59 Å². The van der Waals surface area contributed by atoms with Gasteiger partial charge in [0.05, 0.1) is 4.88 Å². The second kappa shape index (κ2) is 8.67. The van der Waals surface area contributed by atoms with Gasteiger partial charge in [0, 0.05) is 0 Å². The highest BCUT2D eigenvalue weighted by atomic mass is 32.1. The molecule has 6 nitrogen and oxygen atoms in total. The van der Waals surface area contributed by atoms with Crippen molar-refractivity contribution < 1.29 is 32.3 Å². The summed E-state index contributed by atoms with van der Waals surface area (Å²) in [5, 5.41) is 5.76. The average Bonchev–Trinajstić information content (AvgIpc) is 3.01. The topological polar surface area (TPSA) is 84.5 Å². The Kier molecular flexibility index (Phi) is 7.20. The third-order valence-corrected chi connectivity index (χ3v) is 3.65. The second-order valence-electron chi connectivity index (χ2n) is 5.17. The molecule has 0 aromatic carbocycles. The van der Waals surface area contributed by atoms with E-state index in [9.17, 15) is 27.6 Å². The van der Waals surface area contributed by atoms with E-state index >= 15 is 0 Å². The molecule has 0 saturated carbocycles. The summed E-state index contributed by atoms with van der Waals surface area (Å²) in [5.41, 5.74) is 0. The van der Waals surface area contributed by atoms with Gasteiger partial charge in [-0.2, -0.15) is 13.2 Å². The molecule has 1 rings (SSSR count). The van der Waals surface area contributed by atoms with Crippen molar-refractivity contribution in [3.8, 4) is 0 Å². The number of hydrogen-bond acceptors (Lipinski definition) is 5. The van der Waals surface area contributed by atoms with Crippen LogP contribution < -0.4 is 10.6 Å². The summed E-state index contributed by atoms with van der Waals surface area (Å²) >= 11 is 1.19. The highest BCUT2D eigenvalue weighted by Gasteiger charge is 2.29. The largest absolute Gasteiger partial charge is 0.454 e. The normalized spacial score (nSPS) is 12.6. The van der Waals surface area contributed by atoms with Gasteiger partial charge in [-0.15, -0.1) is 11.3 Å². The Morgan fingerprint density at radius 2 is 1.96 bits per heavy atom. The van der Waals surface area contributed by atoms with Crippen LogP contribution in [0.1, 0.15) is 23.5 Å². The summed E-state index contributed by atoms with van der Waals surface area (Å²) < 4.78 is 40.6. The lowest BCUT2D eigenvalue weighted by Crippen LogP contribution is -2.46. The Bertz CT molecular complexity index is 573. The fourth-order valence-corrected chi connectivity index (χ4v) is 2.22. The van der Waals surface area contributed by atoms with Gasteiger partial charge in [-0.25, -0.2) is 4.79 Å². The highest BCUT2D eigenvalue weighted by molar-refractivity contribution is 7.12. The summed E-state index contributed by atoms with van der Waals surface area (Å²) in [6.45, 7) is 0.952. The van der Waals surface area contributed by atoms with E-state index in [1.807, 2.05) is 0 Å². The highest BCUT2D eigenvalue weighted by Crippen LogP contribution is 2.12. The number of halogens is 3. The van der Waals surface area contributed by atoms with Crippen LogP contribution in [-0.2, 0) is 14.3 Å². The van der Waals surface area contributed by atoms with Gasteiger partial charge < -0.3 is 15.4 Å². The number of ether oxygens (including phenoxy) is 1. The van der Waals surface area contributed by atoms with Gasteiger partial charge in [0.15, 0.2) is 6.61 Å². The predicted octanol–water partition coefficient (Wildman–Crippen LogP) is 1.72. The number of thiophene rings is 1. The van der Waals surface area contributed by atoms with Crippen molar-refractivity contribution in [2.75, 3.05) is 13.2 Å². The molecule has 134 valence electrons. The Labute approximate surface area is 140 Å². The Hall–Kier alpha value is -2.10. The van der Waals surface area contributed by atoms with Crippen LogP contribution in [0.4, 0.5) is 13.2 Å². The molecule has 1 aromatic rings. The van der Waals surface area contributed by atoms with E-state index in [1.165, 1.54) is 11.3 Å². The Morgan fingerprint density at radius 3 is 2.46 bits per heavy atom. The first kappa shape index (κ1) is 19.9. The monoisotopic (exact) mass is 366 g/mol. The number of rotatable bonds is 7. The molecular weight excluding hydrogens is 349 g/mol. The maximum atomic E-state index is 12.0. The van der Waals surface area contributed by atoms with Crippen LogP contribution in [-0.4, -0.2) is 43.2 Å². The van der Waals surface area contributed by atoms with Gasteiger partial charge in [0.1, 0.15) is 12.6 Å². The van der Waals surface area contributed by atoms with E-state index in [1.54, 1.807) is 36.7 Å². The molecule has 1 atom stereocenters. The third-order valence-electron chi connectivity index (χ3n) is 2.78. The summed E-state index contributed by atoms with van der Waals surface area (Å²) in [6.07, 6.45) is -4.55. The molecule has 1 aromatic heterocycles. The molecule has 24 heavy (non-hydrogen) atoms. The van der Waals surface area contributed by atoms with Crippen molar-refractivity contribution >= 4 is 29.1 Å². The summed E-state index contributed by atoms with van der Waals surface area (Å²) in [6, 6.07) is 2.23. The van der Waals surface area contributed by atoms with E-state index in [2.05, 4.69) is 10.1 Å². The van der Waals surface area contributed by atoms with Crippen molar-refractivity contribution in [3.63, 3.8) is 0 Å². The SMILES string of the molecule is CC(C)[C@@H](NC(=O)c1cccs1)C(=O)OCC(=O)NCC(F)(F)F. The average molecular weight is 366 g/mol. The van der Waals surface area contributed by atoms with Crippen LogP contribution in [0.25, 0.3) is 0 Å². The molecule has 10 heteroatoms. The number of carbonyl (C=O) groups is 3. The van der Waals surface area contributed by atoms with E-state index in [0.717, 1.165) is 0 Å². The lowest BCUT2D eigenvalue weighted by molar-refractivity contribution is -0.153. The molecule has 0 bridgehead atoms. The maximum Gasteiger partial charge on any atom is 0.405 e. The lowest BCUT2D eigenvalue weighted by atomic mass is 10.0. The van der Waals surface area contributed by atoms with Crippen LogP contribution >= 0.6 is 11.3 Å². The quantitative estimate of drug-likeness (QED) is 0.720. The number of nitrogens with one attached hydrogen (secondary N) is 2. The van der Waals surface area contributed by atoms with Crippen LogP contribution in [0, 0.1) is 5.92 Å². The Balaban J connectivity index is 2.52. The van der Waals surface area contributed by atoms with E-state index in [0.29, 0.717) is 4.88 Å². The zero-order valence-electron chi connectivity index (χ0n) is 13.0. The molecule has 0 spiro atoms. The van der Waals surface area contributed by atoms with Crippen molar-refractivity contribution in [2.45, 2.75) is 26.1 Å². The Morgan fingerprint density at radius 1 is 1.29 bits per heavy atom. The van der Waals surface area contributed by atoms with Crippen LogP contribution in [0.2, 0.25) is 0 Å². The molecule has 0 aliphatic heterocycles. The number of carbonyl (C=O) groups excluding carboxylic acids is 3. The van der Waals surface area contributed by atoms with Gasteiger partial charge in [-0.1, -0.05) is 19.9 Å². The van der Waals surface area contributed by atoms with E-state index < -0.39 is 43.2 Å². The maximum absolute atomic E-state index is 12.0. The molecule has 0 aliphatic rings. The minimum atomic E-state index is -4.55. The van der Waals surface area contributed by atoms with Gasteiger partial charge >= 0.3 is 12.1 Å². The fourth-order valence-electron chi connectivity index (χ4n) is 1.59. The van der Waals surface area contributed by atoms with Crippen molar-refractivity contribution in [1.82, 2.24) is 10.6 Å². The number of esters is 1. The van der Waals surface area contributed by atoms with Crippen LogP contribution in [0.5, 0.6) is 0 Å². The molecular formula is C14H17F3N2O4S. The van der Waals surface area contributed by atoms with Gasteiger partial charge in [-0.05, 0) is 17.4 Å². The van der Waals surface area contributed by atoms with Gasteiger partial charge in [0.2, 0.25) is 0 Å². The molecule has 1 heterocycles. The van der Waals surface area contributed by atoms with Crippen molar-refractivity contribution in [3.05, 3.63) is 22.4 Å². The number of amides is 2. The zero-order chi connectivity index (χ0) is 18.3. The fraction of sp³-hybridized carbons (Fsp3) is 0.500. The molecule has 2 N–H and O–H groups in total. The molecule has 0 saturated heterocycles. The first-order valence-corrected chi connectivity index (χ1v) is 7.82. The number of hydrogen-bond donors (Lipinski definition) is 2. The lowest BCUT2D eigenvalue weighted by Gasteiger charge is -2.20. The first-order chi connectivity index (χ1) is 11.1. The molecule has 0 unspecified atom stereocenters. The predicted molar refractivity (Wildman–Crippen MR) is 80.4 cm³/mol. The van der Waals surface area contributed by atoms with Crippen molar-refractivity contribution in [1.29, 1.82) is 0 Å². The smallest absolute Gasteiger partial charge is 0.405 e. The van der Waals surface area contributed by atoms with Crippen LogP contribution in [0.15, 0.2) is 17.5 Å². The number of alkyl halides is 3. The van der Waals surface area contributed by atoms with Crippen molar-refractivity contribution in [2.24, 2.45) is 5.92 Å². The van der Waals surface area contributed by atoms with E-state index in [4.69, 9.17) is 0 Å². The van der Waals surface area contributed by atoms with E-state index in [-0.39, 0.29) is 5.92 Å². The second-order valence-corrected chi connectivity index (χ2v) is 6.12. The molecule has 0 aliphatic carbocycles. The summed E-state index contributed by atoms with van der Waals surface area (Å²) in [5.74, 6) is -2.77. The molecule has 2 amide bonds. The summed E-state index contributed by atoms with van der Waals surface area (Å²) in [4.78, 5) is 35.5. The zero-order valence-corrected chi connectivity index (χ0v) is 13.8. The third kappa shape index (κ3) is 6.99. The minimum absolute atomic E-state index is 0.334. The minimum Gasteiger partial charge on any atom is -0.454 e. The standard InChI is InChI=1S/C14H17F3N2O4S/c1-8(2)11(19-12(21)9-4-3-5-24-9)13(22)23-6-10(20)18-7-14(15,16)17/h3-5,8,11H,6-7H2,1-2H3,(H,18,20)(H,19,21)/t11-/m1/s1. The van der Waals surface area contributed by atoms with Gasteiger partial charge in [0.25, 0.3) is 11.8 Å². The molecule has 0 fully saturated rings. The first-order valence-electron chi connectivity index (χ1n) is 6.94. The molecule has 0 radical (unpaired) electrons. The summed E-state index contributed by atoms with van der Waals surface area (Å²) in [7, 11) is 0. The van der Waals surface area contributed by atoms with Crippen LogP contribution in [0.3, 0.4) is 0 Å².